The van der Waals surface area contributed by atoms with Gasteiger partial charge in [0.25, 0.3) is 0 Å². The Balaban J connectivity index is 3.28. The summed E-state index contributed by atoms with van der Waals surface area (Å²) in [5.74, 6) is 1.03. The fourth-order valence-electron chi connectivity index (χ4n) is 2.42. The van der Waals surface area contributed by atoms with Crippen LogP contribution in [0.1, 0.15) is 90.9 Å². The maximum absolute atomic E-state index is 2.38. The van der Waals surface area contributed by atoms with Gasteiger partial charge in [0.1, 0.15) is 0 Å². The summed E-state index contributed by atoms with van der Waals surface area (Å²) in [6.07, 6.45) is 17.4. The van der Waals surface area contributed by atoms with Gasteiger partial charge >= 0.3 is 119 Å². The van der Waals surface area contributed by atoms with Gasteiger partial charge in [-0.05, 0) is 0 Å². The molecule has 0 saturated heterocycles. The van der Waals surface area contributed by atoms with Crippen molar-refractivity contribution in [1.82, 2.24) is 0 Å². The number of unbranched alkanes of at least 4 members (excludes halogenated alkanes) is 8. The molecule has 0 rings (SSSR count). The van der Waals surface area contributed by atoms with Gasteiger partial charge in [-0.1, -0.05) is 0 Å². The summed E-state index contributed by atoms with van der Waals surface area (Å²) in [7, 11) is 0. The zero-order valence-electron chi connectivity index (χ0n) is 12.3. The Morgan fingerprint density at radius 3 is 1.53 bits per heavy atom. The predicted molar refractivity (Wildman–Crippen MR) is 80.8 cm³/mol. The second-order valence-electron chi connectivity index (χ2n) is 5.48. The quantitative estimate of drug-likeness (QED) is 0.293. The maximum atomic E-state index is 2.38. The molecule has 0 aromatic carbocycles. The van der Waals surface area contributed by atoms with Crippen LogP contribution in [0.2, 0.25) is 5.25 Å². The van der Waals surface area contributed by atoms with Crippen LogP contribution >= 0.6 is 0 Å². The monoisotopic (exact) mass is 299 g/mol. The molecule has 1 unspecified atom stereocenters. The number of hydrogen-bond acceptors (Lipinski definition) is 0. The molecule has 101 valence electrons. The van der Waals surface area contributed by atoms with Gasteiger partial charge in [0.15, 0.2) is 0 Å². The molecule has 3 radical (unpaired) electrons. The van der Waals surface area contributed by atoms with Crippen molar-refractivity contribution < 1.29 is 0 Å². The Kier molecular flexibility index (Phi) is 15.1. The van der Waals surface area contributed by atoms with Crippen LogP contribution in [0, 0.1) is 5.92 Å². The van der Waals surface area contributed by atoms with Crippen molar-refractivity contribution in [2.24, 2.45) is 5.92 Å². The predicted octanol–water partition coefficient (Wildman–Crippen LogP) is 5.91. The van der Waals surface area contributed by atoms with Crippen molar-refractivity contribution >= 4 is 16.5 Å². The van der Waals surface area contributed by atoms with Gasteiger partial charge in [-0.3, -0.25) is 0 Å². The van der Waals surface area contributed by atoms with Gasteiger partial charge in [-0.2, -0.15) is 0 Å². The van der Waals surface area contributed by atoms with Crippen molar-refractivity contribution in [2.45, 2.75) is 96.2 Å². The molecule has 0 aliphatic heterocycles. The van der Waals surface area contributed by atoms with E-state index in [4.69, 9.17) is 0 Å². The van der Waals surface area contributed by atoms with E-state index in [1.54, 1.807) is 0 Å². The van der Waals surface area contributed by atoms with E-state index in [1.807, 2.05) is 0 Å². The standard InChI is InChI=1S/C16H33Ge/c1-3-5-7-9-10-12-14-16(15-17)13-11-8-6-4-2/h16H,3-15H2,1-2H3. The summed E-state index contributed by atoms with van der Waals surface area (Å²) in [5, 5.41) is 1.40. The van der Waals surface area contributed by atoms with Crippen LogP contribution in [0.5, 0.6) is 0 Å². The molecule has 17 heavy (non-hydrogen) atoms. The summed E-state index contributed by atoms with van der Waals surface area (Å²) in [6.45, 7) is 4.59. The molecule has 1 atom stereocenters. The molecule has 0 spiro atoms. The summed E-state index contributed by atoms with van der Waals surface area (Å²) in [6, 6.07) is 0. The van der Waals surface area contributed by atoms with E-state index < -0.39 is 0 Å². The molecule has 0 saturated carbocycles. The first-order chi connectivity index (χ1) is 8.35. The van der Waals surface area contributed by atoms with Crippen LogP contribution in [0.25, 0.3) is 0 Å². The van der Waals surface area contributed by atoms with Gasteiger partial charge in [0, 0.05) is 0 Å². The van der Waals surface area contributed by atoms with E-state index in [0.717, 1.165) is 5.92 Å². The molecule has 0 fully saturated rings. The molecule has 0 nitrogen and oxygen atoms in total. The van der Waals surface area contributed by atoms with Crippen molar-refractivity contribution in [3.8, 4) is 0 Å². The normalized spacial score (nSPS) is 12.9. The van der Waals surface area contributed by atoms with E-state index in [-0.39, 0.29) is 0 Å². The molecule has 0 aliphatic carbocycles. The topological polar surface area (TPSA) is 0 Å². The Bertz CT molecular complexity index is 133. The van der Waals surface area contributed by atoms with Crippen LogP contribution < -0.4 is 0 Å². The number of rotatable bonds is 13. The van der Waals surface area contributed by atoms with Crippen molar-refractivity contribution in [3.05, 3.63) is 0 Å². The third kappa shape index (κ3) is 12.8. The van der Waals surface area contributed by atoms with Crippen LogP contribution in [0.3, 0.4) is 0 Å². The molecule has 0 amide bonds. The third-order valence-corrected chi connectivity index (χ3v) is 4.93. The Morgan fingerprint density at radius 1 is 0.647 bits per heavy atom. The molecule has 0 N–H and O–H groups in total. The van der Waals surface area contributed by atoms with E-state index in [2.05, 4.69) is 30.4 Å². The van der Waals surface area contributed by atoms with E-state index in [1.165, 1.54) is 82.3 Å². The fourth-order valence-corrected chi connectivity index (χ4v) is 3.28. The summed E-state index contributed by atoms with van der Waals surface area (Å²) in [4.78, 5) is 0. The van der Waals surface area contributed by atoms with Crippen molar-refractivity contribution in [3.63, 3.8) is 0 Å². The zero-order valence-corrected chi connectivity index (χ0v) is 14.4. The van der Waals surface area contributed by atoms with Gasteiger partial charge in [-0.15, -0.1) is 0 Å². The summed E-state index contributed by atoms with van der Waals surface area (Å²) >= 11 is 2.38. The zero-order chi connectivity index (χ0) is 12.8. The van der Waals surface area contributed by atoms with E-state index >= 15 is 0 Å². The Labute approximate surface area is 119 Å². The number of hydrogen-bond donors (Lipinski definition) is 0. The average Bonchev–Trinajstić information content (AvgIpc) is 2.36. The molecule has 0 heterocycles. The molecular weight excluding hydrogens is 265 g/mol. The first-order valence-electron chi connectivity index (χ1n) is 7.99. The molecule has 0 bridgehead atoms. The van der Waals surface area contributed by atoms with Crippen LogP contribution in [-0.4, -0.2) is 16.5 Å². The minimum atomic E-state index is 1.03. The Hall–Kier alpha value is 0.543. The van der Waals surface area contributed by atoms with Crippen LogP contribution in [-0.2, 0) is 0 Å². The van der Waals surface area contributed by atoms with Gasteiger partial charge in [-0.25, -0.2) is 0 Å². The van der Waals surface area contributed by atoms with Gasteiger partial charge < -0.3 is 0 Å². The fraction of sp³-hybridized carbons (Fsp3) is 1.00. The molecule has 0 aromatic rings. The van der Waals surface area contributed by atoms with Gasteiger partial charge in [0.2, 0.25) is 0 Å². The Morgan fingerprint density at radius 2 is 1.06 bits per heavy atom. The summed E-state index contributed by atoms with van der Waals surface area (Å²) in [5.41, 5.74) is 0. The molecular formula is C16H33Ge. The average molecular weight is 298 g/mol. The first-order valence-corrected chi connectivity index (χ1v) is 9.48. The van der Waals surface area contributed by atoms with Crippen molar-refractivity contribution in [1.29, 1.82) is 0 Å². The minimum absolute atomic E-state index is 1.03. The second kappa shape index (κ2) is 14.6. The summed E-state index contributed by atoms with van der Waals surface area (Å²) < 4.78 is 0. The molecule has 0 aromatic heterocycles. The third-order valence-electron chi connectivity index (χ3n) is 3.72. The van der Waals surface area contributed by atoms with Crippen LogP contribution in [0.4, 0.5) is 0 Å². The second-order valence-corrected chi connectivity index (χ2v) is 6.33. The SMILES string of the molecule is CCCCCCCCC([CH2][Ge])CCCCCC. The molecule has 0 aliphatic rings. The van der Waals surface area contributed by atoms with Gasteiger partial charge in [0.05, 0.1) is 0 Å². The molecule has 1 heteroatoms. The van der Waals surface area contributed by atoms with E-state index in [9.17, 15) is 0 Å². The first kappa shape index (κ1) is 17.5. The van der Waals surface area contributed by atoms with Crippen molar-refractivity contribution in [2.75, 3.05) is 0 Å². The van der Waals surface area contributed by atoms with Crippen LogP contribution in [0.15, 0.2) is 0 Å². The van der Waals surface area contributed by atoms with E-state index in [0.29, 0.717) is 0 Å².